The van der Waals surface area contributed by atoms with Crippen molar-refractivity contribution in [1.82, 2.24) is 15.2 Å². The minimum Gasteiger partial charge on any atom is -0.481 e. The molecule has 0 aromatic carbocycles. The van der Waals surface area contributed by atoms with Crippen molar-refractivity contribution < 1.29 is 19.0 Å². The number of ether oxygens (including phenoxy) is 3. The average molecular weight is 335 g/mol. The maximum Gasteiger partial charge on any atom is 0.317 e. The number of likely N-dealkylation sites (tertiary alicyclic amines) is 1. The molecule has 7 heteroatoms. The normalized spacial score (nSPS) is 23.1. The van der Waals surface area contributed by atoms with Crippen LogP contribution in [0, 0.1) is 5.92 Å². The van der Waals surface area contributed by atoms with E-state index in [1.165, 1.54) is 0 Å². The van der Waals surface area contributed by atoms with Gasteiger partial charge in [0.25, 0.3) is 0 Å². The summed E-state index contributed by atoms with van der Waals surface area (Å²) in [6.45, 7) is 5.02. The Morgan fingerprint density at radius 3 is 3.04 bits per heavy atom. The van der Waals surface area contributed by atoms with Crippen LogP contribution in [0.2, 0.25) is 0 Å². The van der Waals surface area contributed by atoms with Crippen molar-refractivity contribution in [3.05, 3.63) is 23.9 Å². The van der Waals surface area contributed by atoms with Gasteiger partial charge in [0.2, 0.25) is 5.88 Å². The van der Waals surface area contributed by atoms with Crippen molar-refractivity contribution in [3.8, 4) is 5.88 Å². The lowest BCUT2D eigenvalue weighted by molar-refractivity contribution is -0.189. The smallest absolute Gasteiger partial charge is 0.317 e. The molecule has 0 aliphatic carbocycles. The number of carbonyl (C=O) groups excluding carboxylic acids is 1. The first-order valence-corrected chi connectivity index (χ1v) is 8.41. The van der Waals surface area contributed by atoms with Crippen molar-refractivity contribution in [3.63, 3.8) is 0 Å². The lowest BCUT2D eigenvalue weighted by Crippen LogP contribution is -2.51. The molecule has 0 spiro atoms. The Balaban J connectivity index is 1.56. The Bertz CT molecular complexity index is 575. The molecule has 2 saturated heterocycles. The van der Waals surface area contributed by atoms with Crippen LogP contribution in [0.15, 0.2) is 18.3 Å². The number of piperidine rings is 1. The van der Waals surface area contributed by atoms with Crippen molar-refractivity contribution in [1.29, 1.82) is 0 Å². The summed E-state index contributed by atoms with van der Waals surface area (Å²) >= 11 is 0. The standard InChI is InChI=1S/C17H25N3O4/c1-17(23-9-10-24-17)14-6-4-8-20(12-14)16(21)19-11-13-5-3-7-18-15(13)22-2/h3,5,7,14H,4,6,8-12H2,1-2H3,(H,19,21)/t14-/m0/s1. The van der Waals surface area contributed by atoms with Gasteiger partial charge in [0.05, 0.1) is 20.3 Å². The van der Waals surface area contributed by atoms with E-state index in [4.69, 9.17) is 14.2 Å². The highest BCUT2D eigenvalue weighted by molar-refractivity contribution is 5.74. The number of amides is 2. The van der Waals surface area contributed by atoms with E-state index in [1.807, 2.05) is 24.0 Å². The number of nitrogens with zero attached hydrogens (tertiary/aromatic N) is 2. The summed E-state index contributed by atoms with van der Waals surface area (Å²) in [5.74, 6) is 0.174. The van der Waals surface area contributed by atoms with E-state index >= 15 is 0 Å². The van der Waals surface area contributed by atoms with E-state index in [0.29, 0.717) is 32.2 Å². The van der Waals surface area contributed by atoms with E-state index in [9.17, 15) is 4.79 Å². The molecule has 2 fully saturated rings. The molecular formula is C17H25N3O4. The zero-order valence-electron chi connectivity index (χ0n) is 14.3. The summed E-state index contributed by atoms with van der Waals surface area (Å²) in [5, 5.41) is 2.95. The van der Waals surface area contributed by atoms with Gasteiger partial charge in [-0.1, -0.05) is 6.07 Å². The zero-order valence-corrected chi connectivity index (χ0v) is 14.3. The maximum atomic E-state index is 12.5. The van der Waals surface area contributed by atoms with Crippen molar-refractivity contribution in [2.24, 2.45) is 5.92 Å². The molecule has 24 heavy (non-hydrogen) atoms. The third-order valence-corrected chi connectivity index (χ3v) is 4.78. The molecule has 1 aromatic heterocycles. The number of carbonyl (C=O) groups is 1. The Kier molecular flexibility index (Phi) is 5.20. The van der Waals surface area contributed by atoms with Gasteiger partial charge in [0, 0.05) is 37.3 Å². The van der Waals surface area contributed by atoms with E-state index in [-0.39, 0.29) is 11.9 Å². The highest BCUT2D eigenvalue weighted by atomic mass is 16.7. The fourth-order valence-electron chi connectivity index (χ4n) is 3.38. The van der Waals surface area contributed by atoms with Crippen molar-refractivity contribution in [2.45, 2.75) is 32.1 Å². The van der Waals surface area contributed by atoms with E-state index in [2.05, 4.69) is 10.3 Å². The highest BCUT2D eigenvalue weighted by Crippen LogP contribution is 2.34. The Morgan fingerprint density at radius 1 is 1.50 bits per heavy atom. The fraction of sp³-hybridized carbons (Fsp3) is 0.647. The number of methoxy groups -OCH3 is 1. The van der Waals surface area contributed by atoms with Crippen LogP contribution < -0.4 is 10.1 Å². The van der Waals surface area contributed by atoms with Crippen LogP contribution in [0.4, 0.5) is 4.79 Å². The number of urea groups is 1. The summed E-state index contributed by atoms with van der Waals surface area (Å²) in [6.07, 6.45) is 3.63. The van der Waals surface area contributed by atoms with Crippen LogP contribution >= 0.6 is 0 Å². The molecule has 3 heterocycles. The SMILES string of the molecule is COc1ncccc1CNC(=O)N1CCC[C@H](C2(C)OCCO2)C1. The average Bonchev–Trinajstić information content (AvgIpc) is 3.08. The molecular weight excluding hydrogens is 310 g/mol. The molecule has 132 valence electrons. The van der Waals surface area contributed by atoms with E-state index < -0.39 is 5.79 Å². The number of pyridine rings is 1. The molecule has 0 bridgehead atoms. The van der Waals surface area contributed by atoms with Crippen molar-refractivity contribution >= 4 is 6.03 Å². The Morgan fingerprint density at radius 2 is 2.29 bits per heavy atom. The second-order valence-corrected chi connectivity index (χ2v) is 6.33. The predicted octanol–water partition coefficient (Wildman–Crippen LogP) is 1.77. The summed E-state index contributed by atoms with van der Waals surface area (Å²) in [4.78, 5) is 18.5. The third-order valence-electron chi connectivity index (χ3n) is 4.78. The van der Waals surface area contributed by atoms with Crippen LogP contribution in [0.1, 0.15) is 25.3 Å². The molecule has 7 nitrogen and oxygen atoms in total. The molecule has 2 aliphatic rings. The van der Waals surface area contributed by atoms with Gasteiger partial charge in [-0.05, 0) is 25.8 Å². The van der Waals surface area contributed by atoms with Gasteiger partial charge < -0.3 is 24.4 Å². The molecule has 1 aromatic rings. The first-order chi connectivity index (χ1) is 11.6. The van der Waals surface area contributed by atoms with Gasteiger partial charge in [-0.3, -0.25) is 0 Å². The molecule has 0 unspecified atom stereocenters. The van der Waals surface area contributed by atoms with Gasteiger partial charge in [0.15, 0.2) is 5.79 Å². The largest absolute Gasteiger partial charge is 0.481 e. The van der Waals surface area contributed by atoms with Gasteiger partial charge in [-0.25, -0.2) is 9.78 Å². The fourth-order valence-corrected chi connectivity index (χ4v) is 3.38. The summed E-state index contributed by atoms with van der Waals surface area (Å²) < 4.78 is 16.7. The molecule has 1 atom stereocenters. The first kappa shape index (κ1) is 17.0. The van der Waals surface area contributed by atoms with Crippen LogP contribution in [-0.4, -0.2) is 55.1 Å². The zero-order chi connectivity index (χ0) is 17.0. The monoisotopic (exact) mass is 335 g/mol. The number of nitrogens with one attached hydrogen (secondary N) is 1. The van der Waals surface area contributed by atoms with Crippen LogP contribution in [0.3, 0.4) is 0 Å². The molecule has 2 aliphatic heterocycles. The summed E-state index contributed by atoms with van der Waals surface area (Å²) in [6, 6.07) is 3.65. The minimum absolute atomic E-state index is 0.0767. The van der Waals surface area contributed by atoms with Gasteiger partial charge in [-0.2, -0.15) is 0 Å². The topological polar surface area (TPSA) is 72.9 Å². The molecule has 2 amide bonds. The first-order valence-electron chi connectivity index (χ1n) is 8.41. The number of aromatic nitrogens is 1. The quantitative estimate of drug-likeness (QED) is 0.908. The minimum atomic E-state index is -0.564. The molecule has 3 rings (SSSR count). The second kappa shape index (κ2) is 7.36. The molecule has 0 saturated carbocycles. The van der Waals surface area contributed by atoms with Gasteiger partial charge in [-0.15, -0.1) is 0 Å². The van der Waals surface area contributed by atoms with E-state index in [1.54, 1.807) is 13.3 Å². The second-order valence-electron chi connectivity index (χ2n) is 6.33. The summed E-state index contributed by atoms with van der Waals surface area (Å²) in [7, 11) is 1.57. The predicted molar refractivity (Wildman–Crippen MR) is 87.6 cm³/mol. The van der Waals surface area contributed by atoms with Gasteiger partial charge in [0.1, 0.15) is 0 Å². The highest BCUT2D eigenvalue weighted by Gasteiger charge is 2.42. The summed E-state index contributed by atoms with van der Waals surface area (Å²) in [5.41, 5.74) is 0.858. The Hall–Kier alpha value is -1.86. The van der Waals surface area contributed by atoms with Gasteiger partial charge >= 0.3 is 6.03 Å². The Labute approximate surface area is 142 Å². The van der Waals surface area contributed by atoms with Crippen molar-refractivity contribution in [2.75, 3.05) is 33.4 Å². The molecule has 0 radical (unpaired) electrons. The van der Waals surface area contributed by atoms with Crippen LogP contribution in [0.25, 0.3) is 0 Å². The lowest BCUT2D eigenvalue weighted by Gasteiger charge is -2.39. The lowest BCUT2D eigenvalue weighted by atomic mass is 9.90. The maximum absolute atomic E-state index is 12.5. The molecule has 1 N–H and O–H groups in total. The third kappa shape index (κ3) is 3.62. The van der Waals surface area contributed by atoms with Crippen LogP contribution in [-0.2, 0) is 16.0 Å². The number of rotatable bonds is 4. The van der Waals surface area contributed by atoms with E-state index in [0.717, 1.165) is 24.9 Å². The number of hydrogen-bond acceptors (Lipinski definition) is 5. The van der Waals surface area contributed by atoms with Crippen LogP contribution in [0.5, 0.6) is 5.88 Å². The number of hydrogen-bond donors (Lipinski definition) is 1.